The molecule has 5 rings (SSSR count). The van der Waals surface area contributed by atoms with Gasteiger partial charge in [0.15, 0.2) is 0 Å². The van der Waals surface area contributed by atoms with Gasteiger partial charge in [0.1, 0.15) is 6.07 Å². The molecule has 0 saturated heterocycles. The Bertz CT molecular complexity index is 1490. The monoisotopic (exact) mass is 497 g/mol. The van der Waals surface area contributed by atoms with Gasteiger partial charge >= 0.3 is 0 Å². The van der Waals surface area contributed by atoms with Crippen LogP contribution in [0.15, 0.2) is 48.6 Å². The molecule has 37 heavy (non-hydrogen) atoms. The molecule has 1 aromatic carbocycles. The predicted molar refractivity (Wildman–Crippen MR) is 142 cm³/mol. The lowest BCUT2D eigenvalue weighted by Gasteiger charge is -2.23. The molecule has 1 fully saturated rings. The second-order valence-electron chi connectivity index (χ2n) is 10.4. The summed E-state index contributed by atoms with van der Waals surface area (Å²) in [6, 6.07) is 7.21. The summed E-state index contributed by atoms with van der Waals surface area (Å²) in [5.74, 6) is 2.05. The summed E-state index contributed by atoms with van der Waals surface area (Å²) in [7, 11) is 0. The molecule has 3 aromatic rings. The quantitative estimate of drug-likeness (QED) is 0.278. The summed E-state index contributed by atoms with van der Waals surface area (Å²) in [6.07, 6.45) is 12.7. The topological polar surface area (TPSA) is 101 Å². The van der Waals surface area contributed by atoms with E-state index in [4.69, 9.17) is 6.42 Å². The predicted octanol–water partition coefficient (Wildman–Crippen LogP) is 4.56. The van der Waals surface area contributed by atoms with Gasteiger partial charge in [0.2, 0.25) is 5.95 Å². The number of terminal acetylenes is 1. The van der Waals surface area contributed by atoms with Gasteiger partial charge in [-0.3, -0.25) is 9.99 Å². The average Bonchev–Trinajstić information content (AvgIpc) is 3.62. The van der Waals surface area contributed by atoms with Gasteiger partial charge in [-0.15, -0.1) is 12.0 Å². The normalized spacial score (nSPS) is 17.2. The van der Waals surface area contributed by atoms with Gasteiger partial charge in [0.05, 0.1) is 35.4 Å². The highest BCUT2D eigenvalue weighted by atomic mass is 19.1. The number of nitrogens with zero attached hydrogens (tertiary/aromatic N) is 4. The largest absolute Gasteiger partial charge is 0.383 e. The number of pyridine rings is 2. The smallest absolute Gasteiger partial charge is 0.212 e. The van der Waals surface area contributed by atoms with Crippen molar-refractivity contribution in [1.29, 1.82) is 5.26 Å². The molecule has 3 heterocycles. The zero-order chi connectivity index (χ0) is 27.1. The van der Waals surface area contributed by atoms with Crippen LogP contribution in [0.4, 0.5) is 15.8 Å². The fourth-order valence-electron chi connectivity index (χ4n) is 4.08. The van der Waals surface area contributed by atoms with E-state index in [-0.39, 0.29) is 5.41 Å². The number of aromatic nitrogens is 2. The summed E-state index contributed by atoms with van der Waals surface area (Å²) in [6.45, 7) is 6.97. The van der Waals surface area contributed by atoms with Gasteiger partial charge in [-0.25, -0.2) is 4.98 Å². The van der Waals surface area contributed by atoms with Crippen molar-refractivity contribution >= 4 is 22.3 Å². The van der Waals surface area contributed by atoms with Crippen LogP contribution in [0.25, 0.3) is 10.9 Å². The second-order valence-corrected chi connectivity index (χ2v) is 10.4. The van der Waals surface area contributed by atoms with Crippen LogP contribution in [-0.4, -0.2) is 27.6 Å². The Morgan fingerprint density at radius 1 is 1.27 bits per heavy atom. The third-order valence-electron chi connectivity index (χ3n) is 6.13. The second kappa shape index (κ2) is 9.61. The molecule has 188 valence electrons. The van der Waals surface area contributed by atoms with E-state index in [0.717, 1.165) is 12.8 Å². The van der Waals surface area contributed by atoms with Crippen molar-refractivity contribution in [1.82, 2.24) is 25.9 Å². The summed E-state index contributed by atoms with van der Waals surface area (Å²) in [5.41, 5.74) is 9.67. The molecule has 2 aliphatic rings. The van der Waals surface area contributed by atoms with E-state index in [0.29, 0.717) is 57.3 Å². The molecule has 8 nitrogen and oxygen atoms in total. The van der Waals surface area contributed by atoms with Gasteiger partial charge in [0.25, 0.3) is 0 Å². The van der Waals surface area contributed by atoms with Crippen LogP contribution in [0, 0.1) is 35.0 Å². The van der Waals surface area contributed by atoms with Crippen LogP contribution >= 0.6 is 0 Å². The van der Waals surface area contributed by atoms with Crippen molar-refractivity contribution in [3.63, 3.8) is 0 Å². The highest BCUT2D eigenvalue weighted by Gasteiger charge is 2.32. The zero-order valence-corrected chi connectivity index (χ0v) is 21.0. The van der Waals surface area contributed by atoms with Crippen LogP contribution in [-0.2, 0) is 0 Å². The highest BCUT2D eigenvalue weighted by Crippen LogP contribution is 2.35. The number of fused-ring (bicyclic) bond motifs is 1. The van der Waals surface area contributed by atoms with Gasteiger partial charge in [-0.05, 0) is 42.0 Å². The van der Waals surface area contributed by atoms with E-state index in [2.05, 4.69) is 64.3 Å². The molecule has 1 aliphatic carbocycles. The van der Waals surface area contributed by atoms with Crippen molar-refractivity contribution in [2.24, 2.45) is 5.41 Å². The van der Waals surface area contributed by atoms with Crippen molar-refractivity contribution in [3.8, 4) is 18.4 Å². The van der Waals surface area contributed by atoms with Crippen LogP contribution in [0.5, 0.6) is 0 Å². The molecule has 2 aromatic heterocycles. The third kappa shape index (κ3) is 5.28. The Morgan fingerprint density at radius 2 is 2.08 bits per heavy atom. The minimum Gasteiger partial charge on any atom is -0.383 e. The first-order valence-electron chi connectivity index (χ1n) is 12.6. The lowest BCUT2D eigenvalue weighted by atomic mass is 9.96. The first kappa shape index (κ1) is 23.1. The van der Waals surface area contributed by atoms with Crippen LogP contribution < -0.4 is 21.6 Å². The van der Waals surface area contributed by atoms with E-state index >= 15 is 0 Å². The van der Waals surface area contributed by atoms with E-state index in [1.54, 1.807) is 12.3 Å². The number of halogens is 1. The molecule has 0 unspecified atom stereocenters. The van der Waals surface area contributed by atoms with Gasteiger partial charge in [-0.2, -0.15) is 9.65 Å². The molecule has 1 saturated carbocycles. The summed E-state index contributed by atoms with van der Waals surface area (Å²) in [5, 5.41) is 19.3. The fourth-order valence-corrected chi connectivity index (χ4v) is 4.08. The Labute approximate surface area is 217 Å². The van der Waals surface area contributed by atoms with Gasteiger partial charge in [-0.1, -0.05) is 32.8 Å². The molecule has 4 N–H and O–H groups in total. The number of nitriles is 1. The van der Waals surface area contributed by atoms with Crippen molar-refractivity contribution in [3.05, 3.63) is 71.2 Å². The summed E-state index contributed by atoms with van der Waals surface area (Å²) < 4.78 is 23.2. The van der Waals surface area contributed by atoms with Crippen LogP contribution in [0.2, 0.25) is 0 Å². The van der Waals surface area contributed by atoms with Crippen LogP contribution in [0.1, 0.15) is 57.7 Å². The van der Waals surface area contributed by atoms with E-state index in [9.17, 15) is 11.0 Å². The maximum absolute atomic E-state index is 13.7. The number of hydrogen-bond acceptors (Lipinski definition) is 8. The minimum atomic E-state index is -1.59. The molecule has 1 aliphatic heterocycles. The van der Waals surface area contributed by atoms with E-state index in [1.807, 2.05) is 17.3 Å². The lowest BCUT2D eigenvalue weighted by molar-refractivity contribution is 0.260. The number of hydrogen-bond donors (Lipinski definition) is 4. The van der Waals surface area contributed by atoms with Gasteiger partial charge in [0, 0.05) is 42.3 Å². The fraction of sp³-hybridized carbons (Fsp3) is 0.321. The van der Waals surface area contributed by atoms with Crippen molar-refractivity contribution in [2.45, 2.75) is 45.7 Å². The van der Waals surface area contributed by atoms with Gasteiger partial charge < -0.3 is 16.1 Å². The molecule has 1 atom stereocenters. The minimum absolute atomic E-state index is 0.0255. The molecule has 0 spiro atoms. The van der Waals surface area contributed by atoms with E-state index in [1.165, 1.54) is 18.3 Å². The third-order valence-corrected chi connectivity index (χ3v) is 6.13. The SMILES string of the molecule is [2H][C@](Nc1cc(C#N)c2ncc(C#C)c(NCC(C)(C)C)c2c1)(C1=CN(C2CC2)NN1)c1ccc(F)nc1. The molecule has 0 radical (unpaired) electrons. The maximum Gasteiger partial charge on any atom is 0.212 e. The molecule has 9 heteroatoms. The summed E-state index contributed by atoms with van der Waals surface area (Å²) >= 11 is 0. The number of benzene rings is 1. The summed E-state index contributed by atoms with van der Waals surface area (Å²) in [4.78, 5) is 8.26. The van der Waals surface area contributed by atoms with Crippen molar-refractivity contribution in [2.75, 3.05) is 17.2 Å². The average molecular weight is 498 g/mol. The molecule has 0 amide bonds. The lowest BCUT2D eigenvalue weighted by Crippen LogP contribution is -2.38. The first-order valence-corrected chi connectivity index (χ1v) is 12.1. The highest BCUT2D eigenvalue weighted by molar-refractivity contribution is 5.99. The standard InChI is InChI=1S/C28H29FN8/c1-5-17-13-32-26-19(12-30)10-20(11-22(26)25(17)33-16-28(2,3)4)34-27(18-6-9-24(29)31-14-18)23-15-37(36-35-23)21-7-8-21/h1,6,9-11,13-15,21,27,34-36H,7-8,16H2,2-4H3,(H,32,33)/t27-/m1/s1/i27D. The van der Waals surface area contributed by atoms with E-state index < -0.39 is 12.0 Å². The van der Waals surface area contributed by atoms with Crippen molar-refractivity contribution < 1.29 is 5.76 Å². The molecular formula is C28H29FN8. The molecular weight excluding hydrogens is 467 g/mol. The maximum atomic E-state index is 13.7. The number of nitrogens with one attached hydrogen (secondary N) is 4. The van der Waals surface area contributed by atoms with Crippen LogP contribution in [0.3, 0.4) is 0 Å². The number of anilines is 2. The Hall–Kier alpha value is -4.34. The zero-order valence-electron chi connectivity index (χ0n) is 22.0. The Balaban J connectivity index is 1.63. The Morgan fingerprint density at radius 3 is 2.73 bits per heavy atom. The number of rotatable bonds is 7. The number of hydrazine groups is 2. The molecule has 0 bridgehead atoms. The Kier molecular flexibility index (Phi) is 5.99. The first-order chi connectivity index (χ1) is 18.1.